The fourth-order valence-corrected chi connectivity index (χ4v) is 6.11. The number of hydrogen-bond acceptors (Lipinski definition) is 5. The zero-order valence-electron chi connectivity index (χ0n) is 44.3. The normalized spacial score (nSPS) is 16.1. The second-order valence-corrected chi connectivity index (χ2v) is 12.7. The van der Waals surface area contributed by atoms with E-state index in [1.807, 2.05) is 6.07 Å². The van der Waals surface area contributed by atoms with Crippen molar-refractivity contribution in [1.29, 1.82) is 5.26 Å². The maximum absolute atomic E-state index is 9.58. The van der Waals surface area contributed by atoms with Gasteiger partial charge >= 0.3 is 20.1 Å². The molecule has 0 aliphatic carbocycles. The van der Waals surface area contributed by atoms with Crippen molar-refractivity contribution in [1.82, 2.24) is 15.0 Å². The summed E-state index contributed by atoms with van der Waals surface area (Å²) >= 11 is 0. The third-order valence-electron chi connectivity index (χ3n) is 8.89. The van der Waals surface area contributed by atoms with Crippen LogP contribution in [0.5, 0.6) is 0 Å². The number of aromatic nitrogens is 3. The Kier molecular flexibility index (Phi) is 7.64. The second kappa shape index (κ2) is 17.7. The minimum absolute atomic E-state index is 0. The molecular formula is C52H37IrN4O. The Morgan fingerprint density at radius 2 is 1.09 bits per heavy atom. The Morgan fingerprint density at radius 3 is 1.55 bits per heavy atom. The van der Waals surface area contributed by atoms with Crippen molar-refractivity contribution in [3.05, 3.63) is 209 Å². The van der Waals surface area contributed by atoms with E-state index in [2.05, 4.69) is 33.2 Å². The van der Waals surface area contributed by atoms with Gasteiger partial charge in [-0.15, -0.1) is 90.0 Å². The van der Waals surface area contributed by atoms with Crippen LogP contribution in [-0.2, 0) is 58.3 Å². The van der Waals surface area contributed by atoms with Gasteiger partial charge in [0.15, 0.2) is 0 Å². The number of aryl methyl sites for hydroxylation is 6. The largest absolute Gasteiger partial charge is 3.00 e. The standard InChI is InChI=1S/C52H37N4O.Ir/c53-32-42-23-27-51-47(31-42)45-12-7-13-46(52(45)57-51)50-26-22-38(35-56-50)16-19-41-29-39(17-14-36-20-24-48(54-33-36)43-8-3-1-4-9-43)28-40(30-41)18-15-37-21-25-49(55-34-37)44-10-5-2-6-11-44;/h1-8,10,12,20-31,33-35H,14-19H2;/q-3;+3/i14D2,15D2,16D2,17D2,18D2,19D2,23D,31D;. The number of furan rings is 1. The predicted octanol–water partition coefficient (Wildman–Crippen LogP) is 11.4. The van der Waals surface area contributed by atoms with Gasteiger partial charge in [0.25, 0.3) is 0 Å². The number of fused-ring (bicyclic) bond motifs is 3. The van der Waals surface area contributed by atoms with E-state index in [4.69, 9.17) is 7.16 Å². The maximum atomic E-state index is 9.58. The van der Waals surface area contributed by atoms with E-state index in [-0.39, 0.29) is 76.9 Å². The monoisotopic (exact) mass is 940 g/mol. The summed E-state index contributed by atoms with van der Waals surface area (Å²) in [7, 11) is 0. The minimum atomic E-state index is -3.17. The molecule has 0 saturated heterocycles. The SMILES string of the molecule is [2H]c1cc2oc3c(-c4ccc(C([2H])([2H])C([2H])([2H])c5cc(C([2H])([2H])C([2H])([2H])c6ccc(-c7[c-]cccc7)nc6)cc(C([2H])([2H])C([2H])([2H])c6ccc(-c7[c-]cccc7)nc6)c5)cn4)[c-]ccc3c2c([2H])c1C#N.[Ir+3]. The molecule has 58 heavy (non-hydrogen) atoms. The van der Waals surface area contributed by atoms with Crippen molar-refractivity contribution in [2.45, 2.75) is 38.2 Å². The molecule has 0 unspecified atom stereocenters. The summed E-state index contributed by atoms with van der Waals surface area (Å²) < 4.78 is 135. The average molecular weight is 940 g/mol. The summed E-state index contributed by atoms with van der Waals surface area (Å²) in [6.45, 7) is 0. The molecule has 9 rings (SSSR count). The van der Waals surface area contributed by atoms with E-state index in [0.717, 1.165) is 36.8 Å². The molecule has 0 fully saturated rings. The summed E-state index contributed by atoms with van der Waals surface area (Å²) in [5.41, 5.74) is 0.234. The molecular weight excluding hydrogens is 889 g/mol. The first-order chi connectivity index (χ1) is 33.5. The fourth-order valence-electron chi connectivity index (χ4n) is 6.11. The van der Waals surface area contributed by atoms with Gasteiger partial charge in [-0.25, -0.2) is 0 Å². The van der Waals surface area contributed by atoms with Gasteiger partial charge < -0.3 is 19.4 Å². The van der Waals surface area contributed by atoms with Gasteiger partial charge in [-0.1, -0.05) is 65.5 Å². The Balaban J connectivity index is 0.00000693. The van der Waals surface area contributed by atoms with Crippen LogP contribution in [-0.4, -0.2) is 15.0 Å². The zero-order valence-corrected chi connectivity index (χ0v) is 32.7. The van der Waals surface area contributed by atoms with Crippen LogP contribution in [0.15, 0.2) is 156 Å². The molecule has 6 heteroatoms. The van der Waals surface area contributed by atoms with Crippen molar-refractivity contribution in [3.8, 4) is 39.8 Å². The third kappa shape index (κ3) is 8.72. The molecule has 280 valence electrons. The molecule has 9 aromatic rings. The zero-order chi connectivity index (χ0) is 50.9. The smallest absolute Gasteiger partial charge is 0.501 e. The first-order valence-electron chi connectivity index (χ1n) is 24.8. The van der Waals surface area contributed by atoms with E-state index in [1.165, 1.54) is 42.5 Å². The van der Waals surface area contributed by atoms with Crippen LogP contribution >= 0.6 is 0 Å². The average Bonchev–Trinajstić information content (AvgIpc) is 3.75. The molecule has 0 radical (unpaired) electrons. The van der Waals surface area contributed by atoms with Gasteiger partial charge in [0, 0.05) is 40.4 Å². The summed E-state index contributed by atoms with van der Waals surface area (Å²) in [5.74, 6) is 0. The number of rotatable bonds is 12. The van der Waals surface area contributed by atoms with Gasteiger partial charge in [-0.05, 0) is 107 Å². The van der Waals surface area contributed by atoms with Crippen LogP contribution in [0, 0.1) is 29.5 Å². The molecule has 0 atom stereocenters. The van der Waals surface area contributed by atoms with Gasteiger partial charge in [0.1, 0.15) is 5.58 Å². The molecule has 0 aliphatic heterocycles. The van der Waals surface area contributed by atoms with Gasteiger partial charge in [0.05, 0.1) is 20.0 Å². The molecule has 0 amide bonds. The summed E-state index contributed by atoms with van der Waals surface area (Å²) in [6.07, 6.45) is -14.9. The Hall–Kier alpha value is -6.51. The van der Waals surface area contributed by atoms with E-state index >= 15 is 0 Å². The van der Waals surface area contributed by atoms with Crippen molar-refractivity contribution in [2.24, 2.45) is 0 Å². The van der Waals surface area contributed by atoms with Crippen LogP contribution in [0.2, 0.25) is 0 Å². The van der Waals surface area contributed by atoms with Crippen LogP contribution in [0.4, 0.5) is 0 Å². The Morgan fingerprint density at radius 1 is 0.569 bits per heavy atom. The fraction of sp³-hybridized carbons (Fsp3) is 0.115. The summed E-state index contributed by atoms with van der Waals surface area (Å²) in [6, 6.07) is 40.2. The first kappa shape index (κ1) is 25.0. The maximum Gasteiger partial charge on any atom is 3.00 e. The van der Waals surface area contributed by atoms with Crippen molar-refractivity contribution in [2.75, 3.05) is 0 Å². The number of nitriles is 1. The first-order valence-corrected chi connectivity index (χ1v) is 17.8. The van der Waals surface area contributed by atoms with Crippen LogP contribution in [0.25, 0.3) is 55.7 Å². The van der Waals surface area contributed by atoms with E-state index in [1.54, 1.807) is 60.7 Å². The molecule has 0 N–H and O–H groups in total. The molecule has 5 nitrogen and oxygen atoms in total. The van der Waals surface area contributed by atoms with E-state index in [9.17, 15) is 21.7 Å². The van der Waals surface area contributed by atoms with Crippen molar-refractivity contribution >= 4 is 21.9 Å². The number of pyridine rings is 3. The summed E-state index contributed by atoms with van der Waals surface area (Å²) in [4.78, 5) is 13.2. The molecule has 0 aliphatic rings. The predicted molar refractivity (Wildman–Crippen MR) is 226 cm³/mol. The van der Waals surface area contributed by atoms with Crippen LogP contribution < -0.4 is 0 Å². The number of benzene rings is 5. The molecule has 4 heterocycles. The van der Waals surface area contributed by atoms with Crippen molar-refractivity contribution < 1.29 is 43.7 Å². The van der Waals surface area contributed by atoms with E-state index in [0.29, 0.717) is 33.3 Å². The van der Waals surface area contributed by atoms with Crippen molar-refractivity contribution in [3.63, 3.8) is 0 Å². The van der Waals surface area contributed by atoms with Gasteiger partial charge in [-0.3, -0.25) is 0 Å². The second-order valence-electron chi connectivity index (χ2n) is 12.7. The third-order valence-corrected chi connectivity index (χ3v) is 8.89. The summed E-state index contributed by atoms with van der Waals surface area (Å²) in [5, 5.41) is 10.3. The van der Waals surface area contributed by atoms with Crippen LogP contribution in [0.1, 0.15) is 58.1 Å². The van der Waals surface area contributed by atoms with Gasteiger partial charge in [-0.2, -0.15) is 5.26 Å². The number of nitrogens with zero attached hydrogens (tertiary/aromatic N) is 4. The quantitative estimate of drug-likeness (QED) is 0.114. The van der Waals surface area contributed by atoms with E-state index < -0.39 is 54.9 Å². The Labute approximate surface area is 372 Å². The van der Waals surface area contributed by atoms with Gasteiger partial charge in [0.2, 0.25) is 0 Å². The molecule has 0 spiro atoms. The minimum Gasteiger partial charge on any atom is -0.501 e. The topological polar surface area (TPSA) is 75.6 Å². The molecule has 4 aromatic heterocycles. The Bertz CT molecular complexity index is 3390. The van der Waals surface area contributed by atoms with Crippen LogP contribution in [0.3, 0.4) is 0 Å². The number of hydrogen-bond donors (Lipinski definition) is 0. The molecule has 0 bridgehead atoms. The molecule has 5 aromatic carbocycles. The molecule has 0 saturated carbocycles.